The van der Waals surface area contributed by atoms with E-state index in [9.17, 15) is 4.79 Å². The van der Waals surface area contributed by atoms with Crippen LogP contribution in [0.1, 0.15) is 23.6 Å². The molecule has 118 valence electrons. The standard InChI is InChI=1S/C16H17N5OS/c1-9-4-5-13(10(2)6-9)20-15(22)11(3)23-16-19-8-12(7-17)14(18)21-16/h4-6,8,11H,1-3H3,(H,20,22)(H2,18,19,21)/t11-/m0/s1. The summed E-state index contributed by atoms with van der Waals surface area (Å²) in [5.74, 6) is -0.0273. The molecule has 1 heterocycles. The lowest BCUT2D eigenvalue weighted by atomic mass is 10.1. The average molecular weight is 327 g/mol. The van der Waals surface area contributed by atoms with E-state index in [0.29, 0.717) is 5.16 Å². The minimum Gasteiger partial charge on any atom is -0.382 e. The van der Waals surface area contributed by atoms with E-state index in [1.165, 1.54) is 18.0 Å². The predicted octanol–water partition coefficient (Wildman–Crippen LogP) is 2.67. The maximum Gasteiger partial charge on any atom is 0.237 e. The first kappa shape index (κ1) is 16.8. The van der Waals surface area contributed by atoms with Gasteiger partial charge in [0.05, 0.1) is 11.4 Å². The van der Waals surface area contributed by atoms with Crippen LogP contribution in [0.3, 0.4) is 0 Å². The number of hydrogen-bond donors (Lipinski definition) is 2. The molecule has 0 spiro atoms. The molecule has 3 N–H and O–H groups in total. The summed E-state index contributed by atoms with van der Waals surface area (Å²) in [4.78, 5) is 20.4. The van der Waals surface area contributed by atoms with Crippen LogP contribution in [0.2, 0.25) is 0 Å². The highest BCUT2D eigenvalue weighted by Gasteiger charge is 2.17. The van der Waals surface area contributed by atoms with Gasteiger partial charge < -0.3 is 11.1 Å². The van der Waals surface area contributed by atoms with Gasteiger partial charge in [-0.15, -0.1) is 0 Å². The molecule has 2 rings (SSSR count). The largest absolute Gasteiger partial charge is 0.382 e. The van der Waals surface area contributed by atoms with Crippen molar-refractivity contribution in [1.82, 2.24) is 9.97 Å². The highest BCUT2D eigenvalue weighted by molar-refractivity contribution is 8.00. The van der Waals surface area contributed by atoms with E-state index in [1.807, 2.05) is 38.1 Å². The summed E-state index contributed by atoms with van der Waals surface area (Å²) in [6, 6.07) is 7.75. The molecule has 7 heteroatoms. The third-order valence-corrected chi connectivity index (χ3v) is 4.18. The van der Waals surface area contributed by atoms with Gasteiger partial charge in [-0.25, -0.2) is 9.97 Å². The third kappa shape index (κ3) is 4.20. The number of nitrogens with zero attached hydrogens (tertiary/aromatic N) is 3. The fourth-order valence-corrected chi connectivity index (χ4v) is 2.67. The number of nitrogens with two attached hydrogens (primary N) is 1. The molecule has 0 aliphatic carbocycles. The van der Waals surface area contributed by atoms with Crippen LogP contribution in [0.5, 0.6) is 0 Å². The average Bonchev–Trinajstić information content (AvgIpc) is 2.50. The van der Waals surface area contributed by atoms with Gasteiger partial charge >= 0.3 is 0 Å². The van der Waals surface area contributed by atoms with Crippen molar-refractivity contribution in [2.75, 3.05) is 11.1 Å². The second-order valence-corrected chi connectivity index (χ2v) is 6.44. The molecule has 2 aromatic rings. The van der Waals surface area contributed by atoms with Crippen LogP contribution < -0.4 is 11.1 Å². The second kappa shape index (κ2) is 7.11. The van der Waals surface area contributed by atoms with Crippen molar-refractivity contribution in [1.29, 1.82) is 5.26 Å². The smallest absolute Gasteiger partial charge is 0.237 e. The molecular formula is C16H17N5OS. The highest BCUT2D eigenvalue weighted by atomic mass is 32.2. The van der Waals surface area contributed by atoms with E-state index in [1.54, 1.807) is 6.92 Å². The van der Waals surface area contributed by atoms with Crippen LogP contribution >= 0.6 is 11.8 Å². The molecule has 0 bridgehead atoms. The van der Waals surface area contributed by atoms with Gasteiger partial charge in [-0.05, 0) is 32.4 Å². The van der Waals surface area contributed by atoms with Crippen molar-refractivity contribution >= 4 is 29.2 Å². The van der Waals surface area contributed by atoms with Gasteiger partial charge in [0.15, 0.2) is 5.16 Å². The normalized spacial score (nSPS) is 11.6. The number of aryl methyl sites for hydroxylation is 2. The summed E-state index contributed by atoms with van der Waals surface area (Å²) in [5.41, 5.74) is 8.81. The minimum absolute atomic E-state index is 0.118. The van der Waals surface area contributed by atoms with E-state index >= 15 is 0 Å². The lowest BCUT2D eigenvalue weighted by Crippen LogP contribution is -2.23. The maximum atomic E-state index is 12.3. The lowest BCUT2D eigenvalue weighted by Gasteiger charge is -2.13. The van der Waals surface area contributed by atoms with Gasteiger partial charge in [-0.1, -0.05) is 29.5 Å². The molecule has 6 nitrogen and oxygen atoms in total. The Morgan fingerprint density at radius 3 is 2.78 bits per heavy atom. The summed E-state index contributed by atoms with van der Waals surface area (Å²) < 4.78 is 0. The molecule has 1 aromatic heterocycles. The molecular weight excluding hydrogens is 310 g/mol. The van der Waals surface area contributed by atoms with Crippen LogP contribution in [0.25, 0.3) is 0 Å². The molecule has 0 radical (unpaired) electrons. The third-order valence-electron chi connectivity index (χ3n) is 3.21. The molecule has 0 fully saturated rings. The Morgan fingerprint density at radius 2 is 2.17 bits per heavy atom. The first-order valence-corrected chi connectivity index (χ1v) is 7.86. The first-order valence-electron chi connectivity index (χ1n) is 6.98. The number of nitriles is 1. The van der Waals surface area contributed by atoms with Gasteiger partial charge in [0.2, 0.25) is 5.91 Å². The topological polar surface area (TPSA) is 105 Å². The van der Waals surface area contributed by atoms with E-state index < -0.39 is 5.25 Å². The number of anilines is 2. The van der Waals surface area contributed by atoms with E-state index in [2.05, 4.69) is 15.3 Å². The molecule has 0 saturated carbocycles. The number of amides is 1. The first-order chi connectivity index (χ1) is 10.9. The fraction of sp³-hybridized carbons (Fsp3) is 0.250. The molecule has 1 aromatic carbocycles. The van der Waals surface area contributed by atoms with E-state index in [0.717, 1.165) is 16.8 Å². The second-order valence-electron chi connectivity index (χ2n) is 5.13. The lowest BCUT2D eigenvalue weighted by molar-refractivity contribution is -0.115. The Kier molecular flexibility index (Phi) is 5.19. The van der Waals surface area contributed by atoms with E-state index in [4.69, 9.17) is 11.0 Å². The number of nitrogen functional groups attached to an aromatic ring is 1. The summed E-state index contributed by atoms with van der Waals surface area (Å²) in [5, 5.41) is 11.7. The number of carbonyl (C=O) groups excluding carboxylic acids is 1. The number of hydrogen-bond acceptors (Lipinski definition) is 6. The molecule has 0 aliphatic heterocycles. The summed E-state index contributed by atoms with van der Waals surface area (Å²) in [7, 11) is 0. The number of benzene rings is 1. The number of rotatable bonds is 4. The number of aromatic nitrogens is 2. The van der Waals surface area contributed by atoms with Crippen molar-refractivity contribution in [2.45, 2.75) is 31.2 Å². The van der Waals surface area contributed by atoms with Gasteiger partial charge in [-0.3, -0.25) is 4.79 Å². The molecule has 1 atom stereocenters. The van der Waals surface area contributed by atoms with Crippen molar-refractivity contribution in [3.8, 4) is 6.07 Å². The Labute approximate surface area is 139 Å². The van der Waals surface area contributed by atoms with Gasteiger partial charge in [0.1, 0.15) is 17.5 Å². The molecule has 0 aliphatic rings. The monoisotopic (exact) mass is 327 g/mol. The number of nitrogens with one attached hydrogen (secondary N) is 1. The van der Waals surface area contributed by atoms with Gasteiger partial charge in [0.25, 0.3) is 0 Å². The van der Waals surface area contributed by atoms with Gasteiger partial charge in [0, 0.05) is 5.69 Å². The van der Waals surface area contributed by atoms with Crippen molar-refractivity contribution < 1.29 is 4.79 Å². The highest BCUT2D eigenvalue weighted by Crippen LogP contribution is 2.23. The zero-order chi connectivity index (χ0) is 17.0. The summed E-state index contributed by atoms with van der Waals surface area (Å²) >= 11 is 1.19. The molecule has 0 unspecified atom stereocenters. The summed E-state index contributed by atoms with van der Waals surface area (Å²) in [6.45, 7) is 5.72. The predicted molar refractivity (Wildman–Crippen MR) is 91.0 cm³/mol. The Hall–Kier alpha value is -2.59. The van der Waals surface area contributed by atoms with Crippen molar-refractivity contribution in [2.24, 2.45) is 0 Å². The Bertz CT molecular complexity index is 785. The minimum atomic E-state index is -0.400. The zero-order valence-electron chi connectivity index (χ0n) is 13.1. The van der Waals surface area contributed by atoms with Crippen LogP contribution in [0, 0.1) is 25.2 Å². The SMILES string of the molecule is Cc1ccc(NC(=O)[C@H](C)Sc2ncc(C#N)c(N)n2)c(C)c1. The van der Waals surface area contributed by atoms with Crippen molar-refractivity contribution in [3.63, 3.8) is 0 Å². The molecule has 23 heavy (non-hydrogen) atoms. The Balaban J connectivity index is 2.05. The van der Waals surface area contributed by atoms with Crippen LogP contribution in [-0.2, 0) is 4.79 Å². The van der Waals surface area contributed by atoms with Crippen LogP contribution in [-0.4, -0.2) is 21.1 Å². The zero-order valence-corrected chi connectivity index (χ0v) is 13.9. The number of carbonyl (C=O) groups is 1. The van der Waals surface area contributed by atoms with E-state index in [-0.39, 0.29) is 17.3 Å². The van der Waals surface area contributed by atoms with Crippen molar-refractivity contribution in [3.05, 3.63) is 41.1 Å². The quantitative estimate of drug-likeness (QED) is 0.661. The molecule has 1 amide bonds. The van der Waals surface area contributed by atoms with Crippen LogP contribution in [0.4, 0.5) is 11.5 Å². The Morgan fingerprint density at radius 1 is 1.43 bits per heavy atom. The van der Waals surface area contributed by atoms with Crippen LogP contribution in [0.15, 0.2) is 29.6 Å². The number of thioether (sulfide) groups is 1. The molecule has 0 saturated heterocycles. The maximum absolute atomic E-state index is 12.3. The van der Waals surface area contributed by atoms with Gasteiger partial charge in [-0.2, -0.15) is 5.26 Å². The fourth-order valence-electron chi connectivity index (χ4n) is 1.92. The summed E-state index contributed by atoms with van der Waals surface area (Å²) in [6.07, 6.45) is 1.36.